The molecule has 3 heterocycles. The normalized spacial score (nSPS) is 12.0. The number of rotatable bonds is 3. The van der Waals surface area contributed by atoms with E-state index in [4.69, 9.17) is 4.42 Å². The Kier molecular flexibility index (Phi) is 5.19. The van der Waals surface area contributed by atoms with E-state index in [0.717, 1.165) is 27.5 Å². The number of aromatic nitrogens is 1. The minimum atomic E-state index is 0.916. The summed E-state index contributed by atoms with van der Waals surface area (Å²) in [5, 5.41) is 7.32. The Morgan fingerprint density at radius 1 is 0.444 bits per heavy atom. The number of benzene rings is 7. The van der Waals surface area contributed by atoms with Crippen LogP contribution in [0, 0.1) is 0 Å². The molecule has 0 saturated heterocycles. The van der Waals surface area contributed by atoms with Gasteiger partial charge in [0.1, 0.15) is 11.2 Å². The molecule has 0 aliphatic carbocycles. The summed E-state index contributed by atoms with van der Waals surface area (Å²) in [6.45, 7) is 0. The Hall–Kier alpha value is -5.64. The first kappa shape index (κ1) is 24.8. The maximum absolute atomic E-state index is 6.40. The molecule has 0 saturated carbocycles. The summed E-state index contributed by atoms with van der Waals surface area (Å²) in [5.74, 6) is 0. The third kappa shape index (κ3) is 3.68. The van der Waals surface area contributed by atoms with Crippen molar-refractivity contribution in [2.24, 2.45) is 0 Å². The Bertz CT molecular complexity index is 2760. The predicted octanol–water partition coefficient (Wildman–Crippen LogP) is 12.4. The molecule has 0 spiro atoms. The molecule has 2 nitrogen and oxygen atoms in total. The van der Waals surface area contributed by atoms with Crippen molar-refractivity contribution in [1.82, 2.24) is 4.57 Å². The second kappa shape index (κ2) is 9.43. The molecule has 10 rings (SSSR count). The summed E-state index contributed by atoms with van der Waals surface area (Å²) < 4.78 is 11.5. The van der Waals surface area contributed by atoms with Gasteiger partial charge in [0.05, 0.1) is 15.7 Å². The van der Waals surface area contributed by atoms with Crippen molar-refractivity contribution in [1.29, 1.82) is 0 Å². The number of hydrogen-bond donors (Lipinski definition) is 0. The zero-order valence-electron chi connectivity index (χ0n) is 24.2. The van der Waals surface area contributed by atoms with E-state index in [1.807, 2.05) is 11.3 Å². The van der Waals surface area contributed by atoms with Gasteiger partial charge in [-0.2, -0.15) is 0 Å². The molecular formula is C42H25NOS. The highest BCUT2D eigenvalue weighted by atomic mass is 32.1. The van der Waals surface area contributed by atoms with Crippen molar-refractivity contribution in [3.63, 3.8) is 0 Å². The van der Waals surface area contributed by atoms with Crippen LogP contribution in [0.2, 0.25) is 0 Å². The lowest BCUT2D eigenvalue weighted by Crippen LogP contribution is -1.92. The van der Waals surface area contributed by atoms with Crippen LogP contribution in [0.1, 0.15) is 0 Å². The average Bonchev–Trinajstić information content (AvgIpc) is 3.76. The first-order valence-electron chi connectivity index (χ1n) is 15.3. The number of hydrogen-bond acceptors (Lipinski definition) is 2. The van der Waals surface area contributed by atoms with Gasteiger partial charge in [-0.15, -0.1) is 11.3 Å². The highest BCUT2D eigenvalue weighted by Crippen LogP contribution is 2.46. The molecule has 0 fully saturated rings. The van der Waals surface area contributed by atoms with Crippen molar-refractivity contribution < 1.29 is 4.42 Å². The van der Waals surface area contributed by atoms with Gasteiger partial charge in [0, 0.05) is 31.9 Å². The van der Waals surface area contributed by atoms with E-state index < -0.39 is 0 Å². The lowest BCUT2D eigenvalue weighted by Gasteiger charge is -2.09. The maximum Gasteiger partial charge on any atom is 0.136 e. The van der Waals surface area contributed by atoms with E-state index in [1.165, 1.54) is 64.4 Å². The summed E-state index contributed by atoms with van der Waals surface area (Å²) in [7, 11) is 0. The molecule has 0 radical (unpaired) electrons. The third-order valence-corrected chi connectivity index (χ3v) is 10.4. The highest BCUT2D eigenvalue weighted by molar-refractivity contribution is 7.27. The Balaban J connectivity index is 1.14. The first-order chi connectivity index (χ1) is 22.3. The second-order valence-electron chi connectivity index (χ2n) is 11.7. The number of para-hydroxylation sites is 2. The summed E-state index contributed by atoms with van der Waals surface area (Å²) in [6, 6.07) is 54.6. The molecule has 210 valence electrons. The molecule has 0 unspecified atom stereocenters. The van der Waals surface area contributed by atoms with E-state index in [2.05, 4.69) is 156 Å². The molecule has 10 aromatic rings. The van der Waals surface area contributed by atoms with Crippen molar-refractivity contribution >= 4 is 75.3 Å². The molecule has 0 atom stereocenters. The van der Waals surface area contributed by atoms with Crippen LogP contribution in [0.5, 0.6) is 0 Å². The molecule has 0 bridgehead atoms. The van der Waals surface area contributed by atoms with E-state index >= 15 is 0 Å². The Labute approximate surface area is 263 Å². The minimum absolute atomic E-state index is 0.916. The van der Waals surface area contributed by atoms with Crippen molar-refractivity contribution in [2.45, 2.75) is 0 Å². The van der Waals surface area contributed by atoms with Crippen molar-refractivity contribution in [2.75, 3.05) is 0 Å². The second-order valence-corrected chi connectivity index (χ2v) is 12.8. The molecule has 0 aliphatic rings. The predicted molar refractivity (Wildman–Crippen MR) is 192 cm³/mol. The van der Waals surface area contributed by atoms with Crippen LogP contribution in [0.25, 0.3) is 91.9 Å². The molecule has 0 aliphatic heterocycles. The quantitative estimate of drug-likeness (QED) is 0.200. The minimum Gasteiger partial charge on any atom is -0.456 e. The largest absolute Gasteiger partial charge is 0.456 e. The van der Waals surface area contributed by atoms with Crippen LogP contribution in [0.3, 0.4) is 0 Å². The van der Waals surface area contributed by atoms with E-state index in [1.54, 1.807) is 0 Å². The van der Waals surface area contributed by atoms with Crippen molar-refractivity contribution in [3.05, 3.63) is 152 Å². The molecular weight excluding hydrogens is 567 g/mol. The first-order valence-corrected chi connectivity index (χ1v) is 16.1. The van der Waals surface area contributed by atoms with Crippen molar-refractivity contribution in [3.8, 4) is 27.9 Å². The lowest BCUT2D eigenvalue weighted by molar-refractivity contribution is 0.669. The highest BCUT2D eigenvalue weighted by Gasteiger charge is 2.19. The average molecular weight is 592 g/mol. The number of nitrogens with zero attached hydrogens (tertiary/aromatic N) is 1. The lowest BCUT2D eigenvalue weighted by atomic mass is 9.97. The van der Waals surface area contributed by atoms with Crippen LogP contribution in [-0.4, -0.2) is 4.57 Å². The van der Waals surface area contributed by atoms with Gasteiger partial charge >= 0.3 is 0 Å². The van der Waals surface area contributed by atoms with Gasteiger partial charge in [-0.05, 0) is 81.6 Å². The van der Waals surface area contributed by atoms with Gasteiger partial charge in [0.15, 0.2) is 0 Å². The fourth-order valence-corrected chi connectivity index (χ4v) is 8.43. The van der Waals surface area contributed by atoms with E-state index in [-0.39, 0.29) is 0 Å². The summed E-state index contributed by atoms with van der Waals surface area (Å²) in [4.78, 5) is 0. The fourth-order valence-electron chi connectivity index (χ4n) is 7.07. The Morgan fingerprint density at radius 3 is 2.07 bits per heavy atom. The van der Waals surface area contributed by atoms with Crippen LogP contribution >= 0.6 is 11.3 Å². The third-order valence-electron chi connectivity index (χ3n) is 9.16. The van der Waals surface area contributed by atoms with Crippen LogP contribution in [0.15, 0.2) is 156 Å². The molecule has 0 N–H and O–H groups in total. The summed E-state index contributed by atoms with van der Waals surface area (Å²) in [6.07, 6.45) is 0. The number of fused-ring (bicyclic) bond motifs is 9. The maximum atomic E-state index is 6.40. The van der Waals surface area contributed by atoms with Crippen LogP contribution in [0.4, 0.5) is 0 Å². The van der Waals surface area contributed by atoms with Gasteiger partial charge in [-0.25, -0.2) is 0 Å². The number of furan rings is 1. The van der Waals surface area contributed by atoms with Gasteiger partial charge in [0.2, 0.25) is 0 Å². The van der Waals surface area contributed by atoms with Gasteiger partial charge in [-0.1, -0.05) is 103 Å². The molecule has 7 aromatic carbocycles. The molecule has 3 heteroatoms. The Morgan fingerprint density at radius 2 is 1.16 bits per heavy atom. The van der Waals surface area contributed by atoms with Gasteiger partial charge in [-0.3, -0.25) is 0 Å². The SMILES string of the molecule is c1ccc(-n2c3ccccc3c3sc4c(-c5cccc(-c6ccc7c(c6)oc6cc8ccccc8cc67)c5)cccc4c32)cc1. The summed E-state index contributed by atoms with van der Waals surface area (Å²) >= 11 is 1.90. The van der Waals surface area contributed by atoms with E-state index in [9.17, 15) is 0 Å². The van der Waals surface area contributed by atoms with E-state index in [0.29, 0.717) is 0 Å². The zero-order chi connectivity index (χ0) is 29.5. The summed E-state index contributed by atoms with van der Waals surface area (Å²) in [5.41, 5.74) is 10.4. The molecule has 3 aromatic heterocycles. The van der Waals surface area contributed by atoms with Crippen LogP contribution < -0.4 is 0 Å². The standard InChI is InChI=1S/C42H25NOS/c1-2-14-31(15-3-1)43-37-19-7-6-16-34(37)42-40(43)35-18-9-17-32(41(35)45-42)30-13-8-12-26(22-30)29-20-21-33-36-23-27-10-4-5-11-28(27)24-39(36)44-38(33)25-29/h1-25H. The van der Waals surface area contributed by atoms with Gasteiger partial charge < -0.3 is 8.98 Å². The topological polar surface area (TPSA) is 18.1 Å². The molecule has 0 amide bonds. The van der Waals surface area contributed by atoms with Gasteiger partial charge in [0.25, 0.3) is 0 Å². The monoisotopic (exact) mass is 591 g/mol. The van der Waals surface area contributed by atoms with Crippen LogP contribution in [-0.2, 0) is 0 Å². The molecule has 45 heavy (non-hydrogen) atoms. The smallest absolute Gasteiger partial charge is 0.136 e. The zero-order valence-corrected chi connectivity index (χ0v) is 25.0. The fraction of sp³-hybridized carbons (Fsp3) is 0. The number of thiophene rings is 1.